The highest BCUT2D eigenvalue weighted by atomic mass is 35.5. The second-order valence-electron chi connectivity index (χ2n) is 6.13. The summed E-state index contributed by atoms with van der Waals surface area (Å²) in [6.07, 6.45) is 0.782. The summed E-state index contributed by atoms with van der Waals surface area (Å²) in [4.78, 5) is 11.4. The number of halogens is 1. The van der Waals surface area contributed by atoms with Gasteiger partial charge in [0, 0.05) is 5.56 Å². The fraction of sp³-hybridized carbons (Fsp3) is 0.375. The van der Waals surface area contributed by atoms with Crippen LogP contribution in [0.5, 0.6) is 0 Å². The first-order chi connectivity index (χ1) is 9.24. The largest absolute Gasteiger partial charge is 0.298 e. The Kier molecular flexibility index (Phi) is 3.74. The van der Waals surface area contributed by atoms with Crippen molar-refractivity contribution < 1.29 is 4.79 Å². The molecule has 1 aromatic carbocycles. The van der Waals surface area contributed by atoms with Crippen molar-refractivity contribution in [3.8, 4) is 11.3 Å². The smallest absolute Gasteiger partial charge is 0.155 e. The zero-order valence-corrected chi connectivity index (χ0v) is 13.2. The maximum Gasteiger partial charge on any atom is 0.155 e. The lowest BCUT2D eigenvalue weighted by Crippen LogP contribution is -2.23. The van der Waals surface area contributed by atoms with E-state index in [0.29, 0.717) is 16.4 Å². The molecule has 0 bridgehead atoms. The summed E-state index contributed by atoms with van der Waals surface area (Å²) in [5, 5.41) is 4.95. The maximum atomic E-state index is 11.4. The van der Waals surface area contributed by atoms with E-state index in [1.165, 1.54) is 0 Å². The first-order valence-electron chi connectivity index (χ1n) is 6.57. The topological polar surface area (TPSA) is 34.9 Å². The van der Waals surface area contributed by atoms with Crippen molar-refractivity contribution in [3.63, 3.8) is 0 Å². The quantitative estimate of drug-likeness (QED) is 0.769. The molecule has 0 aliphatic rings. The molecule has 0 unspecified atom stereocenters. The van der Waals surface area contributed by atoms with E-state index in [2.05, 4.69) is 11.2 Å². The molecule has 0 saturated heterocycles. The third-order valence-corrected chi connectivity index (χ3v) is 3.48. The molecule has 3 nitrogen and oxygen atoms in total. The third kappa shape index (κ3) is 2.63. The van der Waals surface area contributed by atoms with Crippen LogP contribution in [0.2, 0.25) is 5.15 Å². The van der Waals surface area contributed by atoms with E-state index in [0.717, 1.165) is 23.0 Å². The van der Waals surface area contributed by atoms with Crippen LogP contribution in [-0.2, 0) is 5.54 Å². The molecule has 0 amide bonds. The van der Waals surface area contributed by atoms with Crippen molar-refractivity contribution in [1.29, 1.82) is 0 Å². The van der Waals surface area contributed by atoms with Gasteiger partial charge >= 0.3 is 0 Å². The molecule has 0 N–H and O–H groups in total. The number of aldehydes is 1. The fourth-order valence-corrected chi connectivity index (χ4v) is 2.71. The van der Waals surface area contributed by atoms with Crippen LogP contribution in [0.15, 0.2) is 18.2 Å². The van der Waals surface area contributed by atoms with Gasteiger partial charge in [-0.25, -0.2) is 4.68 Å². The van der Waals surface area contributed by atoms with Crippen molar-refractivity contribution in [3.05, 3.63) is 40.0 Å². The molecule has 1 aromatic heterocycles. The van der Waals surface area contributed by atoms with Crippen molar-refractivity contribution in [2.75, 3.05) is 0 Å². The molecule has 20 heavy (non-hydrogen) atoms. The molecule has 0 atom stereocenters. The molecular weight excluding hydrogens is 272 g/mol. The lowest BCUT2D eigenvalue weighted by molar-refractivity contribution is 0.112. The Hall–Kier alpha value is -1.61. The summed E-state index contributed by atoms with van der Waals surface area (Å²) in [6.45, 7) is 10.1. The third-order valence-electron chi connectivity index (χ3n) is 3.11. The minimum absolute atomic E-state index is 0.272. The number of aromatic nitrogens is 2. The van der Waals surface area contributed by atoms with Crippen LogP contribution in [-0.4, -0.2) is 16.1 Å². The Morgan fingerprint density at radius 3 is 2.15 bits per heavy atom. The van der Waals surface area contributed by atoms with Gasteiger partial charge < -0.3 is 0 Å². The minimum Gasteiger partial charge on any atom is -0.298 e. The van der Waals surface area contributed by atoms with Crippen molar-refractivity contribution in [2.45, 2.75) is 40.2 Å². The van der Waals surface area contributed by atoms with Crippen LogP contribution >= 0.6 is 11.6 Å². The molecule has 0 saturated carbocycles. The van der Waals surface area contributed by atoms with Gasteiger partial charge in [-0.1, -0.05) is 28.8 Å². The van der Waals surface area contributed by atoms with Crippen LogP contribution < -0.4 is 0 Å². The number of nitrogens with zero attached hydrogens (tertiary/aromatic N) is 2. The Bertz CT molecular complexity index is 646. The predicted octanol–water partition coefficient (Wildman–Crippen LogP) is 4.39. The first-order valence-corrected chi connectivity index (χ1v) is 6.94. The Morgan fingerprint density at radius 1 is 1.15 bits per heavy atom. The van der Waals surface area contributed by atoms with Crippen LogP contribution in [0.4, 0.5) is 0 Å². The summed E-state index contributed by atoms with van der Waals surface area (Å²) in [7, 11) is 0. The van der Waals surface area contributed by atoms with Gasteiger partial charge in [-0.2, -0.15) is 5.10 Å². The van der Waals surface area contributed by atoms with Crippen LogP contribution in [0, 0.1) is 13.8 Å². The molecule has 2 rings (SSSR count). The van der Waals surface area contributed by atoms with Crippen molar-refractivity contribution in [1.82, 2.24) is 9.78 Å². The van der Waals surface area contributed by atoms with Crippen LogP contribution in [0.3, 0.4) is 0 Å². The van der Waals surface area contributed by atoms with E-state index in [4.69, 9.17) is 11.6 Å². The van der Waals surface area contributed by atoms with E-state index >= 15 is 0 Å². The molecular formula is C16H19ClN2O. The van der Waals surface area contributed by atoms with E-state index in [9.17, 15) is 4.79 Å². The average Bonchev–Trinajstić information content (AvgIpc) is 2.64. The van der Waals surface area contributed by atoms with Gasteiger partial charge in [-0.15, -0.1) is 0 Å². The number of benzene rings is 1. The highest BCUT2D eigenvalue weighted by molar-refractivity contribution is 6.32. The molecule has 0 fully saturated rings. The van der Waals surface area contributed by atoms with E-state index < -0.39 is 0 Å². The van der Waals surface area contributed by atoms with Gasteiger partial charge in [0.25, 0.3) is 0 Å². The van der Waals surface area contributed by atoms with Crippen molar-refractivity contribution in [2.24, 2.45) is 0 Å². The molecule has 0 aliphatic heterocycles. The van der Waals surface area contributed by atoms with Crippen molar-refractivity contribution >= 4 is 17.9 Å². The fourth-order valence-electron chi connectivity index (χ4n) is 2.28. The number of carbonyl (C=O) groups is 1. The molecule has 106 valence electrons. The summed E-state index contributed by atoms with van der Waals surface area (Å²) >= 11 is 6.31. The summed E-state index contributed by atoms with van der Waals surface area (Å²) in [5.74, 6) is 0. The van der Waals surface area contributed by atoms with Gasteiger partial charge in [0.2, 0.25) is 0 Å². The van der Waals surface area contributed by atoms with Gasteiger partial charge in [0.1, 0.15) is 10.8 Å². The normalized spacial score (nSPS) is 11.7. The van der Waals surface area contributed by atoms with Crippen LogP contribution in [0.1, 0.15) is 42.3 Å². The van der Waals surface area contributed by atoms with Gasteiger partial charge in [0.15, 0.2) is 6.29 Å². The lowest BCUT2D eigenvalue weighted by Gasteiger charge is -2.20. The number of rotatable bonds is 2. The van der Waals surface area contributed by atoms with E-state index in [1.807, 2.05) is 46.8 Å². The number of carbonyl (C=O) groups excluding carboxylic acids is 1. The van der Waals surface area contributed by atoms with Gasteiger partial charge in [-0.3, -0.25) is 4.79 Å². The first kappa shape index (κ1) is 14.8. The number of hydrogen-bond acceptors (Lipinski definition) is 2. The number of hydrogen-bond donors (Lipinski definition) is 0. The summed E-state index contributed by atoms with van der Waals surface area (Å²) < 4.78 is 1.70. The second-order valence-corrected chi connectivity index (χ2v) is 6.49. The van der Waals surface area contributed by atoms with Gasteiger partial charge in [-0.05, 0) is 46.8 Å². The van der Waals surface area contributed by atoms with Crippen LogP contribution in [0.25, 0.3) is 11.3 Å². The van der Waals surface area contributed by atoms with Gasteiger partial charge in [0.05, 0.1) is 11.1 Å². The standard InChI is InChI=1S/C16H19ClN2O/c1-10-6-11(2)8-12(7-10)14-13(9-20)15(17)19(18-14)16(3,4)5/h6-9H,1-5H3. The molecule has 0 aliphatic carbocycles. The number of aryl methyl sites for hydroxylation is 2. The van der Waals surface area contributed by atoms with E-state index in [-0.39, 0.29) is 5.54 Å². The Balaban J connectivity index is 2.71. The molecule has 2 aromatic rings. The highest BCUT2D eigenvalue weighted by Gasteiger charge is 2.24. The monoisotopic (exact) mass is 290 g/mol. The molecule has 0 radical (unpaired) electrons. The lowest BCUT2D eigenvalue weighted by atomic mass is 10.0. The second kappa shape index (κ2) is 5.06. The average molecular weight is 291 g/mol. The molecule has 1 heterocycles. The zero-order chi connectivity index (χ0) is 15.1. The summed E-state index contributed by atoms with van der Waals surface area (Å²) in [6, 6.07) is 6.13. The minimum atomic E-state index is -0.272. The highest BCUT2D eigenvalue weighted by Crippen LogP contribution is 2.32. The maximum absolute atomic E-state index is 11.4. The zero-order valence-electron chi connectivity index (χ0n) is 12.5. The Labute approximate surface area is 124 Å². The molecule has 4 heteroatoms. The Morgan fingerprint density at radius 2 is 1.70 bits per heavy atom. The predicted molar refractivity (Wildman–Crippen MR) is 82.5 cm³/mol. The molecule has 0 spiro atoms. The SMILES string of the molecule is Cc1cc(C)cc(-c2nn(C(C)(C)C)c(Cl)c2C=O)c1. The van der Waals surface area contributed by atoms with E-state index in [1.54, 1.807) is 4.68 Å². The summed E-state index contributed by atoms with van der Waals surface area (Å²) in [5.41, 5.74) is 4.02.